The largest absolute Gasteiger partial charge is 0.476 e. The van der Waals surface area contributed by atoms with Crippen LogP contribution in [-0.4, -0.2) is 39.0 Å². The molecule has 0 aliphatic carbocycles. The van der Waals surface area contributed by atoms with Crippen molar-refractivity contribution in [1.82, 2.24) is 14.9 Å². The van der Waals surface area contributed by atoms with Crippen molar-refractivity contribution in [2.24, 2.45) is 0 Å². The number of carboxylic acids is 1. The Bertz CT molecular complexity index is 678. The molecule has 2 heterocycles. The predicted molar refractivity (Wildman–Crippen MR) is 96.5 cm³/mol. The van der Waals surface area contributed by atoms with Crippen LogP contribution >= 0.6 is 0 Å². The molecule has 132 valence electrons. The maximum absolute atomic E-state index is 10.8. The van der Waals surface area contributed by atoms with Crippen molar-refractivity contribution in [2.75, 3.05) is 18.4 Å². The van der Waals surface area contributed by atoms with Crippen molar-refractivity contribution < 1.29 is 9.90 Å². The SMILES string of the molecule is O=C(O)c1cnc(NCc2ccc(CN3CCCCCC3)cc2)cn1. The fourth-order valence-electron chi connectivity index (χ4n) is 3.04. The minimum absolute atomic E-state index is 0.0524. The number of hydrogen-bond acceptors (Lipinski definition) is 5. The molecule has 6 heteroatoms. The van der Waals surface area contributed by atoms with E-state index in [0.29, 0.717) is 12.4 Å². The van der Waals surface area contributed by atoms with Crippen LogP contribution in [0.1, 0.15) is 47.3 Å². The number of nitrogens with zero attached hydrogens (tertiary/aromatic N) is 3. The zero-order valence-electron chi connectivity index (χ0n) is 14.3. The van der Waals surface area contributed by atoms with E-state index in [9.17, 15) is 4.79 Å². The summed E-state index contributed by atoms with van der Waals surface area (Å²) in [6.45, 7) is 4.06. The van der Waals surface area contributed by atoms with E-state index in [2.05, 4.69) is 44.5 Å². The van der Waals surface area contributed by atoms with Gasteiger partial charge in [-0.1, -0.05) is 37.1 Å². The maximum Gasteiger partial charge on any atom is 0.356 e. The van der Waals surface area contributed by atoms with Gasteiger partial charge in [0.25, 0.3) is 0 Å². The number of rotatable bonds is 6. The van der Waals surface area contributed by atoms with E-state index < -0.39 is 5.97 Å². The average molecular weight is 340 g/mol. The second-order valence-corrected chi connectivity index (χ2v) is 6.45. The first-order valence-corrected chi connectivity index (χ1v) is 8.80. The lowest BCUT2D eigenvalue weighted by atomic mass is 10.1. The van der Waals surface area contributed by atoms with Crippen LogP contribution in [0.4, 0.5) is 5.82 Å². The molecule has 2 N–H and O–H groups in total. The molecule has 2 aromatic rings. The van der Waals surface area contributed by atoms with Crippen LogP contribution in [0.3, 0.4) is 0 Å². The smallest absolute Gasteiger partial charge is 0.356 e. The van der Waals surface area contributed by atoms with Gasteiger partial charge in [0, 0.05) is 13.1 Å². The quantitative estimate of drug-likeness (QED) is 0.841. The van der Waals surface area contributed by atoms with Crippen LogP contribution in [0.15, 0.2) is 36.7 Å². The highest BCUT2D eigenvalue weighted by atomic mass is 16.4. The maximum atomic E-state index is 10.8. The summed E-state index contributed by atoms with van der Waals surface area (Å²) in [5.74, 6) is -0.502. The summed E-state index contributed by atoms with van der Waals surface area (Å²) in [4.78, 5) is 21.2. The van der Waals surface area contributed by atoms with E-state index in [1.807, 2.05) is 0 Å². The van der Waals surface area contributed by atoms with Crippen molar-refractivity contribution in [1.29, 1.82) is 0 Å². The van der Waals surface area contributed by atoms with E-state index in [1.54, 1.807) is 0 Å². The van der Waals surface area contributed by atoms with Crippen molar-refractivity contribution in [3.05, 3.63) is 53.5 Å². The summed E-state index contributed by atoms with van der Waals surface area (Å²) < 4.78 is 0. The van der Waals surface area contributed by atoms with E-state index in [-0.39, 0.29) is 5.69 Å². The number of carboxylic acid groups (broad SMARTS) is 1. The van der Waals surface area contributed by atoms with Crippen molar-refractivity contribution in [2.45, 2.75) is 38.8 Å². The first kappa shape index (κ1) is 17.4. The van der Waals surface area contributed by atoms with Crippen molar-refractivity contribution >= 4 is 11.8 Å². The molecule has 0 amide bonds. The molecule has 1 aliphatic heterocycles. The number of likely N-dealkylation sites (tertiary alicyclic amines) is 1. The molecule has 3 rings (SSSR count). The van der Waals surface area contributed by atoms with E-state index in [4.69, 9.17) is 5.11 Å². The van der Waals surface area contributed by atoms with Gasteiger partial charge in [0.1, 0.15) is 5.82 Å². The molecule has 0 atom stereocenters. The predicted octanol–water partition coefficient (Wildman–Crippen LogP) is 3.16. The lowest BCUT2D eigenvalue weighted by Crippen LogP contribution is -2.23. The standard InChI is InChI=1S/C19H24N4O2/c24-19(25)17-12-22-18(13-20-17)21-11-15-5-7-16(8-6-15)14-23-9-3-1-2-4-10-23/h5-8,12-13H,1-4,9-11,14H2,(H,21,22)(H,24,25). The van der Waals surface area contributed by atoms with E-state index >= 15 is 0 Å². The van der Waals surface area contributed by atoms with Gasteiger partial charge in [0.05, 0.1) is 12.4 Å². The summed E-state index contributed by atoms with van der Waals surface area (Å²) in [6.07, 6.45) is 8.04. The Hall–Kier alpha value is -2.47. The molecule has 0 bridgehead atoms. The van der Waals surface area contributed by atoms with Crippen LogP contribution in [0.25, 0.3) is 0 Å². The third-order valence-electron chi connectivity index (χ3n) is 4.47. The third kappa shape index (κ3) is 5.26. The normalized spacial score (nSPS) is 15.5. The summed E-state index contributed by atoms with van der Waals surface area (Å²) in [5.41, 5.74) is 2.45. The molecule has 1 aliphatic rings. The molecular formula is C19H24N4O2. The first-order chi connectivity index (χ1) is 12.2. The second-order valence-electron chi connectivity index (χ2n) is 6.45. The minimum atomic E-state index is -1.07. The fourth-order valence-corrected chi connectivity index (χ4v) is 3.04. The monoisotopic (exact) mass is 340 g/mol. The molecular weight excluding hydrogens is 316 g/mol. The summed E-state index contributed by atoms with van der Waals surface area (Å²) in [7, 11) is 0. The lowest BCUT2D eigenvalue weighted by Gasteiger charge is -2.19. The van der Waals surface area contributed by atoms with Gasteiger partial charge in [-0.05, 0) is 37.1 Å². The number of hydrogen-bond donors (Lipinski definition) is 2. The molecule has 0 saturated carbocycles. The van der Waals surface area contributed by atoms with Gasteiger partial charge in [-0.25, -0.2) is 14.8 Å². The Kier molecular flexibility index (Phi) is 5.95. The topological polar surface area (TPSA) is 78.3 Å². The van der Waals surface area contributed by atoms with Crippen LogP contribution in [0.2, 0.25) is 0 Å². The van der Waals surface area contributed by atoms with Gasteiger partial charge in [-0.2, -0.15) is 0 Å². The van der Waals surface area contributed by atoms with Gasteiger partial charge in [0.2, 0.25) is 0 Å². The highest BCUT2D eigenvalue weighted by Gasteiger charge is 2.09. The van der Waals surface area contributed by atoms with Crippen molar-refractivity contribution in [3.63, 3.8) is 0 Å². The Labute approximate surface area is 147 Å². The zero-order valence-corrected chi connectivity index (χ0v) is 14.3. The number of carbonyl (C=O) groups is 1. The molecule has 6 nitrogen and oxygen atoms in total. The zero-order chi connectivity index (χ0) is 17.5. The molecule has 0 spiro atoms. The van der Waals surface area contributed by atoms with Crippen molar-refractivity contribution in [3.8, 4) is 0 Å². The molecule has 1 aromatic carbocycles. The average Bonchev–Trinajstić information content (AvgIpc) is 2.90. The molecule has 25 heavy (non-hydrogen) atoms. The molecule has 1 saturated heterocycles. The van der Waals surface area contributed by atoms with Gasteiger partial charge in [-0.15, -0.1) is 0 Å². The Morgan fingerprint density at radius 2 is 1.68 bits per heavy atom. The summed E-state index contributed by atoms with van der Waals surface area (Å²) >= 11 is 0. The van der Waals surface area contributed by atoms with Crippen LogP contribution in [0.5, 0.6) is 0 Å². The van der Waals surface area contributed by atoms with Gasteiger partial charge in [-0.3, -0.25) is 4.90 Å². The van der Waals surface area contributed by atoms with Gasteiger partial charge in [0.15, 0.2) is 5.69 Å². The molecule has 0 radical (unpaired) electrons. The van der Waals surface area contributed by atoms with Gasteiger partial charge < -0.3 is 10.4 Å². The van der Waals surface area contributed by atoms with E-state index in [1.165, 1.54) is 56.7 Å². The molecule has 1 aromatic heterocycles. The van der Waals surface area contributed by atoms with Gasteiger partial charge >= 0.3 is 5.97 Å². The van der Waals surface area contributed by atoms with E-state index in [0.717, 1.165) is 12.1 Å². The number of aromatic carboxylic acids is 1. The minimum Gasteiger partial charge on any atom is -0.476 e. The van der Waals surface area contributed by atoms with Crippen LogP contribution < -0.4 is 5.32 Å². The fraction of sp³-hybridized carbons (Fsp3) is 0.421. The Morgan fingerprint density at radius 1 is 1.00 bits per heavy atom. The second kappa shape index (κ2) is 8.58. The number of anilines is 1. The summed E-state index contributed by atoms with van der Waals surface area (Å²) in [6, 6.07) is 8.61. The van der Waals surface area contributed by atoms with Crippen LogP contribution in [0, 0.1) is 0 Å². The molecule has 1 fully saturated rings. The lowest BCUT2D eigenvalue weighted by molar-refractivity contribution is 0.0690. The third-order valence-corrected chi connectivity index (χ3v) is 4.47. The first-order valence-electron chi connectivity index (χ1n) is 8.80. The highest BCUT2D eigenvalue weighted by Crippen LogP contribution is 2.14. The number of nitrogens with one attached hydrogen (secondary N) is 1. The van der Waals surface area contributed by atoms with Crippen LogP contribution in [-0.2, 0) is 13.1 Å². The Morgan fingerprint density at radius 3 is 2.28 bits per heavy atom. The highest BCUT2D eigenvalue weighted by molar-refractivity contribution is 5.84. The Balaban J connectivity index is 1.51. The number of benzene rings is 1. The summed E-state index contributed by atoms with van der Waals surface area (Å²) in [5, 5.41) is 12.0. The number of aromatic nitrogens is 2. The molecule has 0 unspecified atom stereocenters.